The van der Waals surface area contributed by atoms with Gasteiger partial charge in [-0.05, 0) is 62.2 Å². The summed E-state index contributed by atoms with van der Waals surface area (Å²) < 4.78 is 34.1. The van der Waals surface area contributed by atoms with E-state index in [1.807, 2.05) is 19.9 Å². The molecule has 0 aliphatic rings. The van der Waals surface area contributed by atoms with Crippen LogP contribution in [-0.2, 0) is 26.2 Å². The second-order valence-corrected chi connectivity index (χ2v) is 11.7. The number of benzene rings is 3. The van der Waals surface area contributed by atoms with E-state index in [9.17, 15) is 18.0 Å². The number of halogens is 1. The molecular weight excluding hydrogens is 550 g/mol. The highest BCUT2D eigenvalue weighted by Gasteiger charge is 2.33. The van der Waals surface area contributed by atoms with Crippen molar-refractivity contribution in [3.63, 3.8) is 0 Å². The molecule has 8 nitrogen and oxygen atoms in total. The number of carbonyl (C=O) groups is 2. The predicted octanol–water partition coefficient (Wildman–Crippen LogP) is 5.19. The maximum Gasteiger partial charge on any atom is 0.264 e. The summed E-state index contributed by atoms with van der Waals surface area (Å²) in [6.07, 6.45) is 1.71. The topological polar surface area (TPSA) is 96.0 Å². The van der Waals surface area contributed by atoms with Crippen molar-refractivity contribution in [1.82, 2.24) is 10.2 Å². The molecule has 1 N–H and O–H groups in total. The number of nitrogens with zero attached hydrogens (tertiary/aromatic N) is 2. The minimum absolute atomic E-state index is 0.0236. The third-order valence-corrected chi connectivity index (χ3v) is 8.59. The van der Waals surface area contributed by atoms with Crippen molar-refractivity contribution < 1.29 is 22.7 Å². The van der Waals surface area contributed by atoms with Gasteiger partial charge in [-0.1, -0.05) is 66.9 Å². The Morgan fingerprint density at radius 1 is 1.02 bits per heavy atom. The van der Waals surface area contributed by atoms with E-state index in [4.69, 9.17) is 16.3 Å². The highest BCUT2D eigenvalue weighted by Crippen LogP contribution is 2.31. The van der Waals surface area contributed by atoms with Crippen LogP contribution in [0.5, 0.6) is 5.75 Å². The molecule has 3 aromatic carbocycles. The highest BCUT2D eigenvalue weighted by atomic mass is 35.5. The molecule has 0 aromatic heterocycles. The molecule has 0 spiro atoms. The van der Waals surface area contributed by atoms with Crippen molar-refractivity contribution in [3.8, 4) is 5.75 Å². The number of unbranched alkanes of at least 4 members (excludes halogenated alkanes) is 1. The fourth-order valence-electron chi connectivity index (χ4n) is 4.09. The Morgan fingerprint density at radius 3 is 2.38 bits per heavy atom. The van der Waals surface area contributed by atoms with Gasteiger partial charge < -0.3 is 15.0 Å². The molecule has 10 heteroatoms. The number of ether oxygens (including phenoxy) is 1. The molecule has 0 unspecified atom stereocenters. The van der Waals surface area contributed by atoms with Crippen LogP contribution in [0.15, 0.2) is 77.7 Å². The molecule has 1 atom stereocenters. The summed E-state index contributed by atoms with van der Waals surface area (Å²) in [5.41, 5.74) is 1.79. The summed E-state index contributed by atoms with van der Waals surface area (Å²) in [6, 6.07) is 19.1. The second kappa shape index (κ2) is 14.2. The van der Waals surface area contributed by atoms with Gasteiger partial charge in [0.05, 0.1) is 22.7 Å². The molecule has 3 rings (SSSR count). The first-order chi connectivity index (χ1) is 19.1. The van der Waals surface area contributed by atoms with E-state index in [0.717, 1.165) is 28.3 Å². The summed E-state index contributed by atoms with van der Waals surface area (Å²) >= 11 is 6.44. The van der Waals surface area contributed by atoms with Crippen LogP contribution in [0.3, 0.4) is 0 Å². The average molecular weight is 586 g/mol. The lowest BCUT2D eigenvalue weighted by atomic mass is 10.1. The number of nitrogens with one attached hydrogen (secondary N) is 1. The van der Waals surface area contributed by atoms with Crippen molar-refractivity contribution in [1.29, 1.82) is 0 Å². The number of methoxy groups -OCH3 is 1. The van der Waals surface area contributed by atoms with Crippen molar-refractivity contribution >= 4 is 39.1 Å². The SMILES string of the molecule is CCCCNC(=O)[C@H](C)N(Cc1cccc(OC)c1)C(=O)CN(c1ccccc1Cl)S(=O)(=O)c1ccc(C)cc1. The van der Waals surface area contributed by atoms with Gasteiger partial charge in [0.2, 0.25) is 11.8 Å². The van der Waals surface area contributed by atoms with Gasteiger partial charge >= 0.3 is 0 Å². The molecule has 0 aliphatic heterocycles. The lowest BCUT2D eigenvalue weighted by Gasteiger charge is -2.32. The predicted molar refractivity (Wildman–Crippen MR) is 158 cm³/mol. The van der Waals surface area contributed by atoms with Crippen LogP contribution in [0, 0.1) is 6.92 Å². The first kappa shape index (κ1) is 31.0. The quantitative estimate of drug-likeness (QED) is 0.279. The van der Waals surface area contributed by atoms with E-state index >= 15 is 0 Å². The highest BCUT2D eigenvalue weighted by molar-refractivity contribution is 7.92. The molecule has 0 bridgehead atoms. The van der Waals surface area contributed by atoms with Gasteiger partial charge in [0, 0.05) is 13.1 Å². The van der Waals surface area contributed by atoms with Crippen LogP contribution >= 0.6 is 11.6 Å². The van der Waals surface area contributed by atoms with Gasteiger partial charge in [0.1, 0.15) is 18.3 Å². The number of anilines is 1. The molecule has 3 aromatic rings. The molecule has 0 saturated carbocycles. The third-order valence-electron chi connectivity index (χ3n) is 6.49. The second-order valence-electron chi connectivity index (χ2n) is 9.47. The van der Waals surface area contributed by atoms with Gasteiger partial charge in [-0.3, -0.25) is 13.9 Å². The molecule has 0 radical (unpaired) electrons. The fourth-order valence-corrected chi connectivity index (χ4v) is 5.81. The van der Waals surface area contributed by atoms with Gasteiger partial charge in [0.15, 0.2) is 0 Å². The molecular formula is C30H36ClN3O5S. The number of hydrogen-bond donors (Lipinski definition) is 1. The number of rotatable bonds is 13. The molecule has 0 saturated heterocycles. The van der Waals surface area contributed by atoms with Gasteiger partial charge in [0.25, 0.3) is 10.0 Å². The lowest BCUT2D eigenvalue weighted by molar-refractivity contribution is -0.139. The Morgan fingerprint density at radius 2 is 1.73 bits per heavy atom. The van der Waals surface area contributed by atoms with Crippen LogP contribution in [0.25, 0.3) is 0 Å². The van der Waals surface area contributed by atoms with E-state index in [1.54, 1.807) is 68.6 Å². The van der Waals surface area contributed by atoms with E-state index in [0.29, 0.717) is 12.3 Å². The maximum absolute atomic E-state index is 14.0. The Labute approximate surface area is 241 Å². The summed E-state index contributed by atoms with van der Waals surface area (Å²) in [5, 5.41) is 3.05. The van der Waals surface area contributed by atoms with Crippen molar-refractivity contribution in [2.24, 2.45) is 0 Å². The largest absolute Gasteiger partial charge is 0.497 e. The summed E-state index contributed by atoms with van der Waals surface area (Å²) in [7, 11) is -2.64. The standard InChI is InChI=1S/C30H36ClN3O5S/c1-5-6-18-32-30(36)23(3)33(20-24-10-9-11-25(19-24)39-4)29(35)21-34(28-13-8-7-12-27(28)31)40(37,38)26-16-14-22(2)15-17-26/h7-17,19,23H,5-6,18,20-21H2,1-4H3,(H,32,36)/t23-/m0/s1. The summed E-state index contributed by atoms with van der Waals surface area (Å²) in [5.74, 6) is -0.281. The van der Waals surface area contributed by atoms with Crippen LogP contribution in [0.1, 0.15) is 37.8 Å². The summed E-state index contributed by atoms with van der Waals surface area (Å²) in [4.78, 5) is 28.4. The molecule has 0 fully saturated rings. The van der Waals surface area contributed by atoms with Crippen LogP contribution in [0.4, 0.5) is 5.69 Å². The zero-order valence-electron chi connectivity index (χ0n) is 23.3. The number of hydrogen-bond acceptors (Lipinski definition) is 5. The zero-order chi connectivity index (χ0) is 29.3. The van der Waals surface area contributed by atoms with Gasteiger partial charge in [-0.15, -0.1) is 0 Å². The number of aryl methyl sites for hydroxylation is 1. The van der Waals surface area contributed by atoms with Gasteiger partial charge in [-0.2, -0.15) is 0 Å². The van der Waals surface area contributed by atoms with E-state index in [2.05, 4.69) is 5.32 Å². The maximum atomic E-state index is 14.0. The van der Waals surface area contributed by atoms with E-state index < -0.39 is 28.5 Å². The minimum Gasteiger partial charge on any atom is -0.497 e. The molecule has 2 amide bonds. The summed E-state index contributed by atoms with van der Waals surface area (Å²) in [6.45, 7) is 5.50. The number of carbonyl (C=O) groups excluding carboxylic acids is 2. The van der Waals surface area contributed by atoms with Gasteiger partial charge in [-0.25, -0.2) is 8.42 Å². The Kier molecular flexibility index (Phi) is 11.0. The lowest BCUT2D eigenvalue weighted by Crippen LogP contribution is -2.51. The van der Waals surface area contributed by atoms with Crippen LogP contribution in [-0.4, -0.2) is 51.4 Å². The monoisotopic (exact) mass is 585 g/mol. The normalized spacial score (nSPS) is 11.9. The number of amides is 2. The van der Waals surface area contributed by atoms with Crippen molar-refractivity contribution in [3.05, 3.63) is 88.9 Å². The minimum atomic E-state index is -4.19. The third kappa shape index (κ3) is 7.76. The fraction of sp³-hybridized carbons (Fsp3) is 0.333. The van der Waals surface area contributed by atoms with Crippen LogP contribution in [0.2, 0.25) is 5.02 Å². The molecule has 0 aliphatic carbocycles. The van der Waals surface area contributed by atoms with E-state index in [1.165, 1.54) is 17.0 Å². The Balaban J connectivity index is 2.02. The molecule has 214 valence electrons. The Bertz CT molecular complexity index is 1410. The smallest absolute Gasteiger partial charge is 0.264 e. The molecule has 40 heavy (non-hydrogen) atoms. The first-order valence-electron chi connectivity index (χ1n) is 13.1. The van der Waals surface area contributed by atoms with E-state index in [-0.39, 0.29) is 28.1 Å². The average Bonchev–Trinajstić information content (AvgIpc) is 2.95. The zero-order valence-corrected chi connectivity index (χ0v) is 24.8. The molecule has 0 heterocycles. The number of para-hydroxylation sites is 1. The Hall–Kier alpha value is -3.56. The number of sulfonamides is 1. The first-order valence-corrected chi connectivity index (χ1v) is 14.9. The van der Waals surface area contributed by atoms with Crippen molar-refractivity contribution in [2.75, 3.05) is 24.5 Å². The van der Waals surface area contributed by atoms with Crippen LogP contribution < -0.4 is 14.4 Å². The van der Waals surface area contributed by atoms with Crippen molar-refractivity contribution in [2.45, 2.75) is 51.1 Å².